The summed E-state index contributed by atoms with van der Waals surface area (Å²) in [4.78, 5) is 13.7. The second kappa shape index (κ2) is 6.46. The fourth-order valence-corrected chi connectivity index (χ4v) is 3.32. The van der Waals surface area contributed by atoms with Crippen LogP contribution in [0.4, 0.5) is 5.69 Å². The Hall–Kier alpha value is -1.26. The van der Waals surface area contributed by atoms with Gasteiger partial charge in [0.2, 0.25) is 0 Å². The average Bonchev–Trinajstić information content (AvgIpc) is 2.46. The topological polar surface area (TPSA) is 72.3 Å². The zero-order valence-corrected chi connectivity index (χ0v) is 12.6. The number of nitrogens with two attached hydrogens (primary N) is 2. The van der Waals surface area contributed by atoms with Gasteiger partial charge in [-0.2, -0.15) is 0 Å². The molecule has 2 unspecified atom stereocenters. The number of halogens is 1. The first-order chi connectivity index (χ1) is 9.54. The van der Waals surface area contributed by atoms with Gasteiger partial charge in [-0.1, -0.05) is 24.4 Å². The summed E-state index contributed by atoms with van der Waals surface area (Å²) >= 11 is 6.07. The first-order valence-corrected chi connectivity index (χ1v) is 7.44. The van der Waals surface area contributed by atoms with E-state index in [-0.39, 0.29) is 0 Å². The molecule has 2 rings (SSSR count). The molecule has 0 bridgehead atoms. The molecule has 1 aliphatic carbocycles. The normalized spacial score (nSPS) is 22.6. The van der Waals surface area contributed by atoms with E-state index >= 15 is 0 Å². The highest BCUT2D eigenvalue weighted by Crippen LogP contribution is 2.33. The molecule has 5 heteroatoms. The van der Waals surface area contributed by atoms with Gasteiger partial charge < -0.3 is 16.4 Å². The number of carbonyl (C=O) groups is 1. The first-order valence-electron chi connectivity index (χ1n) is 7.07. The van der Waals surface area contributed by atoms with E-state index in [0.29, 0.717) is 29.1 Å². The Morgan fingerprint density at radius 2 is 2.10 bits per heavy atom. The first kappa shape index (κ1) is 15.1. The smallest absolute Gasteiger partial charge is 0.250 e. The average molecular weight is 296 g/mol. The van der Waals surface area contributed by atoms with Crippen LogP contribution in [0.15, 0.2) is 18.2 Å². The molecule has 20 heavy (non-hydrogen) atoms. The second-order valence-corrected chi connectivity index (χ2v) is 5.92. The molecule has 1 saturated carbocycles. The third-order valence-electron chi connectivity index (χ3n) is 4.27. The highest BCUT2D eigenvalue weighted by Gasteiger charge is 2.29. The molecule has 0 aliphatic heterocycles. The Balaban J connectivity index is 2.33. The third kappa shape index (κ3) is 3.07. The second-order valence-electron chi connectivity index (χ2n) is 5.48. The number of hydrogen-bond acceptors (Lipinski definition) is 3. The minimum absolute atomic E-state index is 0.338. The van der Waals surface area contributed by atoms with E-state index in [4.69, 9.17) is 23.1 Å². The van der Waals surface area contributed by atoms with Gasteiger partial charge in [-0.25, -0.2) is 0 Å². The maximum Gasteiger partial charge on any atom is 0.250 e. The molecule has 2 atom stereocenters. The van der Waals surface area contributed by atoms with Crippen LogP contribution in [0.25, 0.3) is 0 Å². The van der Waals surface area contributed by atoms with Crippen LogP contribution in [0.3, 0.4) is 0 Å². The van der Waals surface area contributed by atoms with Crippen molar-refractivity contribution in [3.8, 4) is 0 Å². The molecule has 4 N–H and O–H groups in total. The van der Waals surface area contributed by atoms with Crippen molar-refractivity contribution in [2.45, 2.75) is 31.7 Å². The Kier molecular flexibility index (Phi) is 4.89. The number of rotatable bonds is 4. The van der Waals surface area contributed by atoms with Gasteiger partial charge in [0.1, 0.15) is 0 Å². The largest absolute Gasteiger partial charge is 0.371 e. The zero-order chi connectivity index (χ0) is 14.7. The summed E-state index contributed by atoms with van der Waals surface area (Å²) in [6.45, 7) is 0.668. The van der Waals surface area contributed by atoms with Crippen molar-refractivity contribution in [1.29, 1.82) is 0 Å². The Bertz CT molecular complexity index is 492. The van der Waals surface area contributed by atoms with E-state index in [1.165, 1.54) is 12.8 Å². The lowest BCUT2D eigenvalue weighted by Crippen LogP contribution is -2.43. The van der Waals surface area contributed by atoms with E-state index < -0.39 is 5.91 Å². The lowest BCUT2D eigenvalue weighted by molar-refractivity contribution is 0.100. The van der Waals surface area contributed by atoms with E-state index in [1.807, 2.05) is 13.1 Å². The zero-order valence-electron chi connectivity index (χ0n) is 11.8. The van der Waals surface area contributed by atoms with Crippen molar-refractivity contribution in [2.75, 3.05) is 18.5 Å². The van der Waals surface area contributed by atoms with Crippen LogP contribution < -0.4 is 16.4 Å². The summed E-state index contributed by atoms with van der Waals surface area (Å²) in [5.74, 6) is 0.0251. The van der Waals surface area contributed by atoms with E-state index in [0.717, 1.165) is 18.5 Å². The van der Waals surface area contributed by atoms with Crippen molar-refractivity contribution in [2.24, 2.45) is 17.4 Å². The number of benzene rings is 1. The summed E-state index contributed by atoms with van der Waals surface area (Å²) in [6, 6.07) is 5.53. The van der Waals surface area contributed by atoms with E-state index in [2.05, 4.69) is 4.90 Å². The van der Waals surface area contributed by atoms with Gasteiger partial charge in [0, 0.05) is 18.1 Å². The van der Waals surface area contributed by atoms with Gasteiger partial charge in [0.05, 0.1) is 11.3 Å². The molecule has 1 aromatic carbocycles. The van der Waals surface area contributed by atoms with Crippen molar-refractivity contribution >= 4 is 23.2 Å². The van der Waals surface area contributed by atoms with Crippen LogP contribution in [0.1, 0.15) is 36.0 Å². The number of anilines is 1. The van der Waals surface area contributed by atoms with Gasteiger partial charge in [-0.05, 0) is 43.5 Å². The predicted molar refractivity (Wildman–Crippen MR) is 83.2 cm³/mol. The van der Waals surface area contributed by atoms with Crippen LogP contribution in [0.2, 0.25) is 5.02 Å². The standard InChI is InChI=1S/C15H22ClN3O/c1-19(13-5-3-2-4-10(13)9-17)14-8-11(16)6-7-12(14)15(18)20/h6-8,10,13H,2-5,9,17H2,1H3,(H2,18,20). The third-order valence-corrected chi connectivity index (χ3v) is 4.51. The minimum atomic E-state index is -0.427. The summed E-state index contributed by atoms with van der Waals surface area (Å²) in [5, 5.41) is 0.608. The van der Waals surface area contributed by atoms with E-state index in [9.17, 15) is 4.79 Å². The number of primary amides is 1. The molecule has 1 aliphatic rings. The summed E-state index contributed by atoms with van der Waals surface area (Å²) in [6.07, 6.45) is 4.64. The predicted octanol–water partition coefficient (Wildman–Crippen LogP) is 2.39. The molecule has 1 aromatic rings. The van der Waals surface area contributed by atoms with Crippen LogP contribution >= 0.6 is 11.6 Å². The number of carbonyl (C=O) groups excluding carboxylic acids is 1. The monoisotopic (exact) mass is 295 g/mol. The number of hydrogen-bond donors (Lipinski definition) is 2. The highest BCUT2D eigenvalue weighted by atomic mass is 35.5. The molecule has 0 radical (unpaired) electrons. The lowest BCUT2D eigenvalue weighted by atomic mass is 9.83. The van der Waals surface area contributed by atoms with Crippen molar-refractivity contribution in [3.63, 3.8) is 0 Å². The molecule has 110 valence electrons. The Labute approximate surface area is 125 Å². The molecule has 0 spiro atoms. The minimum Gasteiger partial charge on any atom is -0.371 e. The highest BCUT2D eigenvalue weighted by molar-refractivity contribution is 6.31. The number of nitrogens with zero attached hydrogens (tertiary/aromatic N) is 1. The maximum atomic E-state index is 11.6. The summed E-state index contributed by atoms with van der Waals surface area (Å²) in [7, 11) is 2.00. The Morgan fingerprint density at radius 1 is 1.40 bits per heavy atom. The number of amides is 1. The van der Waals surface area contributed by atoms with Crippen LogP contribution in [-0.4, -0.2) is 25.5 Å². The molecule has 1 amide bonds. The SMILES string of the molecule is CN(c1cc(Cl)ccc1C(N)=O)C1CCCCC1CN. The van der Waals surface area contributed by atoms with E-state index in [1.54, 1.807) is 12.1 Å². The van der Waals surface area contributed by atoms with Crippen LogP contribution in [-0.2, 0) is 0 Å². The molecular formula is C15H22ClN3O. The quantitative estimate of drug-likeness (QED) is 0.896. The molecule has 4 nitrogen and oxygen atoms in total. The molecular weight excluding hydrogens is 274 g/mol. The molecule has 0 saturated heterocycles. The van der Waals surface area contributed by atoms with Gasteiger partial charge in [-0.3, -0.25) is 4.79 Å². The van der Waals surface area contributed by atoms with Crippen molar-refractivity contribution in [1.82, 2.24) is 0 Å². The van der Waals surface area contributed by atoms with Crippen LogP contribution in [0.5, 0.6) is 0 Å². The fourth-order valence-electron chi connectivity index (χ4n) is 3.16. The summed E-state index contributed by atoms with van der Waals surface area (Å²) in [5.41, 5.74) is 12.7. The van der Waals surface area contributed by atoms with Gasteiger partial charge in [-0.15, -0.1) is 0 Å². The summed E-state index contributed by atoms with van der Waals surface area (Å²) < 4.78 is 0. The fraction of sp³-hybridized carbons (Fsp3) is 0.533. The van der Waals surface area contributed by atoms with Gasteiger partial charge >= 0.3 is 0 Å². The van der Waals surface area contributed by atoms with Gasteiger partial charge in [0.25, 0.3) is 5.91 Å². The van der Waals surface area contributed by atoms with Crippen molar-refractivity contribution in [3.05, 3.63) is 28.8 Å². The maximum absolute atomic E-state index is 11.6. The molecule has 0 aromatic heterocycles. The van der Waals surface area contributed by atoms with Crippen LogP contribution in [0, 0.1) is 5.92 Å². The molecule has 1 fully saturated rings. The molecule has 0 heterocycles. The van der Waals surface area contributed by atoms with Gasteiger partial charge in [0.15, 0.2) is 0 Å². The Morgan fingerprint density at radius 3 is 2.75 bits per heavy atom. The lowest BCUT2D eigenvalue weighted by Gasteiger charge is -2.39. The van der Waals surface area contributed by atoms with Crippen molar-refractivity contribution < 1.29 is 4.79 Å².